The monoisotopic (exact) mass is 288 g/mol. The van der Waals surface area contributed by atoms with Crippen molar-refractivity contribution in [3.8, 4) is 0 Å². The van der Waals surface area contributed by atoms with Gasteiger partial charge < -0.3 is 14.6 Å². The number of benzene rings is 1. The Kier molecular flexibility index (Phi) is 3.80. The standard InChI is InChI=1S/C12H10Cl2O4/c1-17-9-5-10(15)18-12(9)11(16)7-3-2-6(13)4-8(7)14/h2-5,11-12,16H,1H3. The molecule has 18 heavy (non-hydrogen) atoms. The SMILES string of the molecule is COC1=CC(=O)OC1C(O)c1ccc(Cl)cc1Cl. The number of halogens is 2. The van der Waals surface area contributed by atoms with E-state index in [1.54, 1.807) is 12.1 Å². The number of carbonyl (C=O) groups excluding carboxylic acids is 1. The minimum absolute atomic E-state index is 0.263. The number of rotatable bonds is 3. The molecule has 1 aliphatic rings. The van der Waals surface area contributed by atoms with Gasteiger partial charge in [0.1, 0.15) is 11.9 Å². The lowest BCUT2D eigenvalue weighted by Crippen LogP contribution is -2.22. The Bertz CT molecular complexity index is 513. The summed E-state index contributed by atoms with van der Waals surface area (Å²) in [5.74, 6) is -0.292. The van der Waals surface area contributed by atoms with E-state index < -0.39 is 18.2 Å². The predicted molar refractivity (Wildman–Crippen MR) is 66.4 cm³/mol. The smallest absolute Gasteiger partial charge is 0.335 e. The van der Waals surface area contributed by atoms with Crippen molar-refractivity contribution in [1.29, 1.82) is 0 Å². The molecule has 1 heterocycles. The minimum atomic E-state index is -1.10. The summed E-state index contributed by atoms with van der Waals surface area (Å²) in [6.07, 6.45) is -0.800. The molecule has 2 rings (SSSR count). The second-order valence-electron chi connectivity index (χ2n) is 3.72. The molecule has 0 radical (unpaired) electrons. The second kappa shape index (κ2) is 5.18. The molecule has 4 nitrogen and oxygen atoms in total. The summed E-state index contributed by atoms with van der Waals surface area (Å²) < 4.78 is 9.95. The van der Waals surface area contributed by atoms with E-state index in [4.69, 9.17) is 32.7 Å². The highest BCUT2D eigenvalue weighted by Gasteiger charge is 2.35. The Hall–Kier alpha value is -1.23. The normalized spacial score (nSPS) is 20.3. The Labute approximate surface area is 114 Å². The molecule has 1 aliphatic heterocycles. The average Bonchev–Trinajstić information content (AvgIpc) is 2.69. The maximum Gasteiger partial charge on any atom is 0.335 e. The van der Waals surface area contributed by atoms with Gasteiger partial charge in [-0.1, -0.05) is 29.3 Å². The first-order valence-corrected chi connectivity index (χ1v) is 5.87. The van der Waals surface area contributed by atoms with Crippen molar-refractivity contribution in [2.45, 2.75) is 12.2 Å². The van der Waals surface area contributed by atoms with Gasteiger partial charge in [-0.05, 0) is 12.1 Å². The van der Waals surface area contributed by atoms with Crippen molar-refractivity contribution in [3.63, 3.8) is 0 Å². The largest absolute Gasteiger partial charge is 0.497 e. The molecule has 6 heteroatoms. The van der Waals surface area contributed by atoms with E-state index in [0.717, 1.165) is 0 Å². The number of hydrogen-bond acceptors (Lipinski definition) is 4. The van der Waals surface area contributed by atoms with Crippen LogP contribution in [-0.4, -0.2) is 24.3 Å². The third-order valence-corrected chi connectivity index (χ3v) is 3.15. The molecule has 0 aliphatic carbocycles. The summed E-state index contributed by atoms with van der Waals surface area (Å²) in [6.45, 7) is 0. The highest BCUT2D eigenvalue weighted by Crippen LogP contribution is 2.33. The molecule has 0 saturated heterocycles. The van der Waals surface area contributed by atoms with E-state index in [1.165, 1.54) is 19.3 Å². The first kappa shape index (κ1) is 13.2. The van der Waals surface area contributed by atoms with Crippen LogP contribution in [0.3, 0.4) is 0 Å². The highest BCUT2D eigenvalue weighted by atomic mass is 35.5. The molecular formula is C12H10Cl2O4. The fourth-order valence-electron chi connectivity index (χ4n) is 1.72. The molecule has 2 unspecified atom stereocenters. The topological polar surface area (TPSA) is 55.8 Å². The van der Waals surface area contributed by atoms with Gasteiger partial charge in [0.05, 0.1) is 13.2 Å². The molecule has 0 spiro atoms. The zero-order valence-electron chi connectivity index (χ0n) is 9.39. The predicted octanol–water partition coefficient (Wildman–Crippen LogP) is 2.48. The first-order chi connectivity index (χ1) is 8.52. The quantitative estimate of drug-likeness (QED) is 0.869. The number of ether oxygens (including phenoxy) is 2. The van der Waals surface area contributed by atoms with Gasteiger partial charge in [0.15, 0.2) is 6.10 Å². The molecule has 0 bridgehead atoms. The van der Waals surface area contributed by atoms with E-state index >= 15 is 0 Å². The maximum atomic E-state index is 11.2. The Morgan fingerprint density at radius 2 is 2.17 bits per heavy atom. The lowest BCUT2D eigenvalue weighted by molar-refractivity contribution is -0.144. The van der Waals surface area contributed by atoms with E-state index in [-0.39, 0.29) is 5.76 Å². The van der Waals surface area contributed by atoms with Crippen molar-refractivity contribution in [3.05, 3.63) is 45.6 Å². The number of methoxy groups -OCH3 is 1. The lowest BCUT2D eigenvalue weighted by atomic mass is 10.0. The number of carbonyl (C=O) groups is 1. The van der Waals surface area contributed by atoms with Gasteiger partial charge in [0.2, 0.25) is 0 Å². The van der Waals surface area contributed by atoms with Gasteiger partial charge in [-0.25, -0.2) is 4.79 Å². The van der Waals surface area contributed by atoms with Crippen LogP contribution in [0.2, 0.25) is 10.0 Å². The van der Waals surface area contributed by atoms with E-state index in [9.17, 15) is 9.90 Å². The van der Waals surface area contributed by atoms with E-state index in [1.807, 2.05) is 0 Å². The van der Waals surface area contributed by atoms with Gasteiger partial charge in [0.25, 0.3) is 0 Å². The van der Waals surface area contributed by atoms with Crippen LogP contribution in [0.15, 0.2) is 30.0 Å². The lowest BCUT2D eigenvalue weighted by Gasteiger charge is -2.20. The van der Waals surface area contributed by atoms with Crippen LogP contribution in [0.25, 0.3) is 0 Å². The third kappa shape index (κ3) is 2.46. The summed E-state index contributed by atoms with van der Waals surface area (Å²) >= 11 is 11.8. The van der Waals surface area contributed by atoms with E-state index in [0.29, 0.717) is 15.6 Å². The van der Waals surface area contributed by atoms with Crippen LogP contribution < -0.4 is 0 Å². The van der Waals surface area contributed by atoms with Crippen molar-refractivity contribution in [2.75, 3.05) is 7.11 Å². The van der Waals surface area contributed by atoms with Gasteiger partial charge in [-0.3, -0.25) is 0 Å². The van der Waals surface area contributed by atoms with Gasteiger partial charge in [-0.2, -0.15) is 0 Å². The molecule has 0 amide bonds. The van der Waals surface area contributed by atoms with E-state index in [2.05, 4.69) is 0 Å². The Balaban J connectivity index is 2.29. The van der Waals surface area contributed by atoms with Gasteiger partial charge in [-0.15, -0.1) is 0 Å². The van der Waals surface area contributed by atoms with Crippen LogP contribution in [-0.2, 0) is 14.3 Å². The zero-order chi connectivity index (χ0) is 13.3. The van der Waals surface area contributed by atoms with Crippen molar-refractivity contribution in [2.24, 2.45) is 0 Å². The number of esters is 1. The molecule has 0 saturated carbocycles. The summed E-state index contributed by atoms with van der Waals surface area (Å²) in [6, 6.07) is 4.68. The fraction of sp³-hybridized carbons (Fsp3) is 0.250. The van der Waals surface area contributed by atoms with Gasteiger partial charge in [0, 0.05) is 15.6 Å². The summed E-state index contributed by atoms with van der Waals surface area (Å²) in [5.41, 5.74) is 0.420. The van der Waals surface area contributed by atoms with Gasteiger partial charge >= 0.3 is 5.97 Å². The minimum Gasteiger partial charge on any atom is -0.497 e. The molecular weight excluding hydrogens is 279 g/mol. The number of aliphatic hydroxyl groups excluding tert-OH is 1. The van der Waals surface area contributed by atoms with Crippen LogP contribution in [0, 0.1) is 0 Å². The van der Waals surface area contributed by atoms with Crippen LogP contribution in [0.5, 0.6) is 0 Å². The molecule has 0 fully saturated rings. The average molecular weight is 289 g/mol. The summed E-state index contributed by atoms with van der Waals surface area (Å²) in [4.78, 5) is 11.2. The zero-order valence-corrected chi connectivity index (χ0v) is 10.9. The van der Waals surface area contributed by atoms with Crippen molar-refractivity contribution in [1.82, 2.24) is 0 Å². The molecule has 1 aromatic rings. The Morgan fingerprint density at radius 3 is 2.78 bits per heavy atom. The van der Waals surface area contributed by atoms with Crippen molar-refractivity contribution < 1.29 is 19.4 Å². The van der Waals surface area contributed by atoms with Crippen LogP contribution >= 0.6 is 23.2 Å². The van der Waals surface area contributed by atoms with Crippen molar-refractivity contribution >= 4 is 29.2 Å². The van der Waals surface area contributed by atoms with Crippen LogP contribution in [0.1, 0.15) is 11.7 Å². The third-order valence-electron chi connectivity index (χ3n) is 2.59. The molecule has 0 aromatic heterocycles. The summed E-state index contributed by atoms with van der Waals surface area (Å²) in [7, 11) is 1.40. The Morgan fingerprint density at radius 1 is 1.44 bits per heavy atom. The van der Waals surface area contributed by atoms with Crippen LogP contribution in [0.4, 0.5) is 0 Å². The number of hydrogen-bond donors (Lipinski definition) is 1. The fourth-order valence-corrected chi connectivity index (χ4v) is 2.24. The second-order valence-corrected chi connectivity index (χ2v) is 4.56. The molecule has 2 atom stereocenters. The number of cyclic esters (lactones) is 1. The first-order valence-electron chi connectivity index (χ1n) is 5.12. The number of aliphatic hydroxyl groups is 1. The molecule has 1 aromatic carbocycles. The maximum absolute atomic E-state index is 11.2. The molecule has 1 N–H and O–H groups in total. The summed E-state index contributed by atoms with van der Waals surface area (Å²) in [5, 5.41) is 10.9. The molecule has 96 valence electrons. The highest BCUT2D eigenvalue weighted by molar-refractivity contribution is 6.35.